The summed E-state index contributed by atoms with van der Waals surface area (Å²) in [5.41, 5.74) is 0.843. The lowest BCUT2D eigenvalue weighted by Gasteiger charge is -2.40. The maximum absolute atomic E-state index is 13.0. The van der Waals surface area contributed by atoms with Gasteiger partial charge in [-0.3, -0.25) is 4.79 Å². The van der Waals surface area contributed by atoms with Crippen LogP contribution in [-0.2, 0) is 4.79 Å². The first-order valence-electron chi connectivity index (χ1n) is 9.26. The highest BCUT2D eigenvalue weighted by molar-refractivity contribution is 8.00. The minimum atomic E-state index is -0.275. The monoisotopic (exact) mass is 389 g/mol. The van der Waals surface area contributed by atoms with Crippen LogP contribution in [0.25, 0.3) is 11.4 Å². The van der Waals surface area contributed by atoms with Gasteiger partial charge in [0.1, 0.15) is 5.75 Å². The third kappa shape index (κ3) is 4.05. The van der Waals surface area contributed by atoms with Crippen LogP contribution < -0.4 is 10.6 Å². The lowest BCUT2D eigenvalue weighted by Crippen LogP contribution is -2.50. The zero-order valence-electron chi connectivity index (χ0n) is 16.3. The van der Waals surface area contributed by atoms with Gasteiger partial charge in [-0.05, 0) is 64.3 Å². The number of benzene rings is 1. The number of amides is 1. The maximum Gasteiger partial charge on any atom is 0.236 e. The molecule has 1 aromatic heterocycles. The Morgan fingerprint density at radius 1 is 1.22 bits per heavy atom. The predicted molar refractivity (Wildman–Crippen MR) is 107 cm³/mol. The number of piperidine rings is 1. The van der Waals surface area contributed by atoms with Crippen molar-refractivity contribution in [1.82, 2.24) is 19.8 Å². The fourth-order valence-electron chi connectivity index (χ4n) is 3.57. The van der Waals surface area contributed by atoms with E-state index in [0.717, 1.165) is 24.2 Å². The minimum absolute atomic E-state index is 0.133. The lowest BCUT2D eigenvalue weighted by atomic mass is 9.97. The Morgan fingerprint density at radius 3 is 2.44 bits per heavy atom. The van der Waals surface area contributed by atoms with Crippen LogP contribution in [-0.4, -0.2) is 50.1 Å². The molecule has 1 aromatic carbocycles. The number of nitrogen functional groups attached to an aromatic ring is 1. The first-order valence-corrected chi connectivity index (χ1v) is 10.1. The molecule has 1 aliphatic heterocycles. The molecule has 0 unspecified atom stereocenters. The van der Waals surface area contributed by atoms with E-state index in [2.05, 4.69) is 24.0 Å². The van der Waals surface area contributed by atoms with Crippen molar-refractivity contribution in [2.24, 2.45) is 0 Å². The van der Waals surface area contributed by atoms with Gasteiger partial charge in [-0.25, -0.2) is 4.68 Å². The molecule has 1 aliphatic rings. The van der Waals surface area contributed by atoms with E-state index in [1.165, 1.54) is 22.9 Å². The molecule has 7 nitrogen and oxygen atoms in total. The van der Waals surface area contributed by atoms with Crippen LogP contribution in [0.1, 0.15) is 40.0 Å². The van der Waals surface area contributed by atoms with Gasteiger partial charge in [0.2, 0.25) is 11.1 Å². The van der Waals surface area contributed by atoms with E-state index in [1.807, 2.05) is 36.1 Å². The van der Waals surface area contributed by atoms with Crippen molar-refractivity contribution in [2.45, 2.75) is 62.5 Å². The highest BCUT2D eigenvalue weighted by Gasteiger charge is 2.32. The number of ether oxygens (including phenoxy) is 1. The van der Waals surface area contributed by atoms with Gasteiger partial charge in [-0.15, -0.1) is 10.2 Å². The van der Waals surface area contributed by atoms with Gasteiger partial charge in [0.15, 0.2) is 5.82 Å². The summed E-state index contributed by atoms with van der Waals surface area (Å²) in [5.74, 6) is 7.65. The fraction of sp³-hybridized carbons (Fsp3) is 0.526. The Balaban J connectivity index is 1.73. The van der Waals surface area contributed by atoms with Crippen molar-refractivity contribution >= 4 is 17.7 Å². The number of nitrogens with two attached hydrogens (primary N) is 1. The van der Waals surface area contributed by atoms with Crippen molar-refractivity contribution < 1.29 is 9.53 Å². The molecule has 0 bridgehead atoms. The number of hydrogen-bond acceptors (Lipinski definition) is 6. The predicted octanol–water partition coefficient (Wildman–Crippen LogP) is 2.94. The van der Waals surface area contributed by atoms with Crippen LogP contribution in [0.3, 0.4) is 0 Å². The molecule has 0 saturated carbocycles. The third-order valence-electron chi connectivity index (χ3n) is 5.09. The average Bonchev–Trinajstić information content (AvgIpc) is 3.02. The standard InChI is InChI=1S/C19H27N5O2S/c1-12-6-5-7-13(2)23(12)18(25)14(3)27-19-22-21-17(24(19)20)15-8-10-16(26-4)11-9-15/h8-14H,5-7,20H2,1-4H3/t12-,13-,14-/m1/s1. The third-order valence-corrected chi connectivity index (χ3v) is 6.14. The zero-order chi connectivity index (χ0) is 19.6. The van der Waals surface area contributed by atoms with Crippen molar-refractivity contribution in [2.75, 3.05) is 13.0 Å². The molecule has 146 valence electrons. The summed E-state index contributed by atoms with van der Waals surface area (Å²) in [6.07, 6.45) is 3.29. The summed E-state index contributed by atoms with van der Waals surface area (Å²) in [4.78, 5) is 15.0. The number of carbonyl (C=O) groups excluding carboxylic acids is 1. The van der Waals surface area contributed by atoms with Crippen LogP contribution >= 0.6 is 11.8 Å². The molecule has 3 atom stereocenters. The molecule has 2 heterocycles. The second-order valence-electron chi connectivity index (χ2n) is 7.04. The van der Waals surface area contributed by atoms with Gasteiger partial charge >= 0.3 is 0 Å². The molecule has 1 amide bonds. The number of carbonyl (C=O) groups is 1. The number of likely N-dealkylation sites (tertiary alicyclic amines) is 1. The van der Waals surface area contributed by atoms with Crippen LogP contribution in [0.2, 0.25) is 0 Å². The minimum Gasteiger partial charge on any atom is -0.497 e. The highest BCUT2D eigenvalue weighted by Crippen LogP contribution is 2.30. The lowest BCUT2D eigenvalue weighted by molar-refractivity contribution is -0.136. The van der Waals surface area contributed by atoms with Crippen LogP contribution in [0.4, 0.5) is 0 Å². The molecular formula is C19H27N5O2S. The van der Waals surface area contributed by atoms with E-state index in [1.54, 1.807) is 7.11 Å². The second kappa shape index (κ2) is 8.21. The first-order chi connectivity index (χ1) is 12.9. The molecule has 1 fully saturated rings. The molecule has 0 aliphatic carbocycles. The molecule has 2 N–H and O–H groups in total. The van der Waals surface area contributed by atoms with E-state index in [-0.39, 0.29) is 23.2 Å². The van der Waals surface area contributed by atoms with Gasteiger partial charge in [0, 0.05) is 17.6 Å². The van der Waals surface area contributed by atoms with Crippen LogP contribution in [0.15, 0.2) is 29.4 Å². The number of methoxy groups -OCH3 is 1. The van der Waals surface area contributed by atoms with Crippen molar-refractivity contribution in [3.05, 3.63) is 24.3 Å². The average molecular weight is 390 g/mol. The highest BCUT2D eigenvalue weighted by atomic mass is 32.2. The van der Waals surface area contributed by atoms with E-state index < -0.39 is 0 Å². The van der Waals surface area contributed by atoms with Gasteiger partial charge in [-0.1, -0.05) is 11.8 Å². The molecule has 0 spiro atoms. The van der Waals surface area contributed by atoms with E-state index in [4.69, 9.17) is 10.6 Å². The molecule has 0 radical (unpaired) electrons. The summed E-state index contributed by atoms with van der Waals surface area (Å²) in [6.45, 7) is 6.15. The van der Waals surface area contributed by atoms with Crippen LogP contribution in [0, 0.1) is 0 Å². The summed E-state index contributed by atoms with van der Waals surface area (Å²) in [5, 5.41) is 8.64. The van der Waals surface area contributed by atoms with Crippen LogP contribution in [0.5, 0.6) is 5.75 Å². The van der Waals surface area contributed by atoms with E-state index in [0.29, 0.717) is 11.0 Å². The normalized spacial score (nSPS) is 21.1. The summed E-state index contributed by atoms with van der Waals surface area (Å²) >= 11 is 1.35. The Hall–Kier alpha value is -2.22. The quantitative estimate of drug-likeness (QED) is 0.625. The number of aromatic nitrogens is 3. The van der Waals surface area contributed by atoms with E-state index >= 15 is 0 Å². The molecule has 3 rings (SSSR count). The topological polar surface area (TPSA) is 86.3 Å². The Kier molecular flexibility index (Phi) is 5.94. The van der Waals surface area contributed by atoms with E-state index in [9.17, 15) is 4.79 Å². The van der Waals surface area contributed by atoms with Gasteiger partial charge < -0.3 is 15.5 Å². The number of hydrogen-bond donors (Lipinski definition) is 1. The van der Waals surface area contributed by atoms with Crippen molar-refractivity contribution in [3.8, 4) is 17.1 Å². The summed E-state index contributed by atoms with van der Waals surface area (Å²) in [6, 6.07) is 8.01. The molecule has 27 heavy (non-hydrogen) atoms. The summed E-state index contributed by atoms with van der Waals surface area (Å²) < 4.78 is 6.62. The molecular weight excluding hydrogens is 362 g/mol. The van der Waals surface area contributed by atoms with Crippen molar-refractivity contribution in [1.29, 1.82) is 0 Å². The van der Waals surface area contributed by atoms with Crippen molar-refractivity contribution in [3.63, 3.8) is 0 Å². The Bertz CT molecular complexity index is 782. The Morgan fingerprint density at radius 2 is 1.85 bits per heavy atom. The maximum atomic E-state index is 13.0. The zero-order valence-corrected chi connectivity index (χ0v) is 17.1. The molecule has 1 saturated heterocycles. The Labute approximate surface area is 164 Å². The SMILES string of the molecule is COc1ccc(-c2nnc(S[C@H](C)C(=O)N3[C@H](C)CCC[C@H]3C)n2N)cc1. The van der Waals surface area contributed by atoms with Gasteiger partial charge in [-0.2, -0.15) is 0 Å². The van der Waals surface area contributed by atoms with Gasteiger partial charge in [0.05, 0.1) is 12.4 Å². The molecule has 2 aromatic rings. The molecule has 8 heteroatoms. The first kappa shape index (κ1) is 19.5. The van der Waals surface area contributed by atoms with Gasteiger partial charge in [0.25, 0.3) is 0 Å². The number of thioether (sulfide) groups is 1. The fourth-order valence-corrected chi connectivity index (χ4v) is 4.40. The largest absolute Gasteiger partial charge is 0.497 e. The number of rotatable bonds is 5. The smallest absolute Gasteiger partial charge is 0.236 e. The summed E-state index contributed by atoms with van der Waals surface area (Å²) in [7, 11) is 1.62. The number of nitrogens with zero attached hydrogens (tertiary/aromatic N) is 4. The second-order valence-corrected chi connectivity index (χ2v) is 8.35.